The van der Waals surface area contributed by atoms with Gasteiger partial charge in [-0.1, -0.05) is 30.3 Å². The van der Waals surface area contributed by atoms with E-state index >= 15 is 0 Å². The fourth-order valence-electron chi connectivity index (χ4n) is 4.49. The van der Waals surface area contributed by atoms with E-state index in [4.69, 9.17) is 0 Å². The van der Waals surface area contributed by atoms with Crippen LogP contribution in [0.15, 0.2) is 48.8 Å². The molecule has 1 aromatic carbocycles. The van der Waals surface area contributed by atoms with Gasteiger partial charge in [-0.05, 0) is 49.7 Å². The Morgan fingerprint density at radius 3 is 2.33 bits per heavy atom. The molecule has 0 unspecified atom stereocenters. The zero-order valence-corrected chi connectivity index (χ0v) is 16.2. The highest BCUT2D eigenvalue weighted by molar-refractivity contribution is 7.89. The van der Waals surface area contributed by atoms with E-state index in [0.717, 1.165) is 37.8 Å². The van der Waals surface area contributed by atoms with Crippen LogP contribution in [-0.4, -0.2) is 47.1 Å². The number of aryl methyl sites for hydroxylation is 1. The summed E-state index contributed by atoms with van der Waals surface area (Å²) in [4.78, 5) is 8.39. The molecule has 3 atom stereocenters. The molecule has 2 aliphatic heterocycles. The second-order valence-corrected chi connectivity index (χ2v) is 9.55. The SMILES string of the molecule is O=S(=O)(CCc1ccccc1)N1[C@@H]2CC[C@H]1C[C@H](CNc1ncccn1)C2. The maximum Gasteiger partial charge on any atom is 0.222 e. The summed E-state index contributed by atoms with van der Waals surface area (Å²) in [7, 11) is -3.22. The molecule has 0 amide bonds. The molecular weight excluding hydrogens is 360 g/mol. The third-order valence-corrected chi connectivity index (χ3v) is 7.65. The molecule has 2 fully saturated rings. The van der Waals surface area contributed by atoms with E-state index in [1.54, 1.807) is 18.5 Å². The molecular formula is C20H26N4O2S. The van der Waals surface area contributed by atoms with Gasteiger partial charge in [0.25, 0.3) is 0 Å². The van der Waals surface area contributed by atoms with Crippen molar-refractivity contribution in [3.05, 3.63) is 54.4 Å². The molecule has 2 bridgehead atoms. The minimum atomic E-state index is -3.22. The number of fused-ring (bicyclic) bond motifs is 2. The average Bonchev–Trinajstić information content (AvgIpc) is 2.99. The molecule has 4 rings (SSSR count). The number of hydrogen-bond acceptors (Lipinski definition) is 5. The third-order valence-electron chi connectivity index (χ3n) is 5.69. The van der Waals surface area contributed by atoms with Gasteiger partial charge in [0.05, 0.1) is 5.75 Å². The van der Waals surface area contributed by atoms with Crippen molar-refractivity contribution >= 4 is 16.0 Å². The van der Waals surface area contributed by atoms with E-state index in [0.29, 0.717) is 18.3 Å². The van der Waals surface area contributed by atoms with Gasteiger partial charge in [-0.15, -0.1) is 0 Å². The first-order valence-electron chi connectivity index (χ1n) is 9.68. The number of nitrogens with one attached hydrogen (secondary N) is 1. The van der Waals surface area contributed by atoms with Crippen molar-refractivity contribution in [2.45, 2.75) is 44.2 Å². The smallest absolute Gasteiger partial charge is 0.222 e. The summed E-state index contributed by atoms with van der Waals surface area (Å²) in [5.41, 5.74) is 1.08. The first-order valence-corrected chi connectivity index (χ1v) is 11.3. The highest BCUT2D eigenvalue weighted by Crippen LogP contribution is 2.40. The Bertz CT molecular complexity index is 831. The van der Waals surface area contributed by atoms with Crippen LogP contribution in [-0.2, 0) is 16.4 Å². The van der Waals surface area contributed by atoms with Gasteiger partial charge in [0.2, 0.25) is 16.0 Å². The Labute approximate surface area is 161 Å². The fraction of sp³-hybridized carbons (Fsp3) is 0.500. The lowest BCUT2D eigenvalue weighted by Crippen LogP contribution is -2.48. The minimum absolute atomic E-state index is 0.146. The molecule has 7 heteroatoms. The number of hydrogen-bond donors (Lipinski definition) is 1. The molecule has 2 aromatic rings. The van der Waals surface area contributed by atoms with E-state index in [-0.39, 0.29) is 17.8 Å². The van der Waals surface area contributed by atoms with Crippen molar-refractivity contribution in [2.24, 2.45) is 5.92 Å². The quantitative estimate of drug-likeness (QED) is 0.792. The standard InChI is InChI=1S/C20H26N4O2S/c25-27(26,12-9-16-5-2-1-3-6-16)24-18-7-8-19(24)14-17(13-18)15-23-20-21-10-4-11-22-20/h1-6,10-11,17-19H,7-9,12-15H2,(H,21,22,23)/t17-,18-,19+. The van der Waals surface area contributed by atoms with E-state index < -0.39 is 10.0 Å². The number of sulfonamides is 1. The van der Waals surface area contributed by atoms with Crippen LogP contribution in [0.4, 0.5) is 5.95 Å². The van der Waals surface area contributed by atoms with Gasteiger partial charge in [0.1, 0.15) is 0 Å². The molecule has 0 spiro atoms. The van der Waals surface area contributed by atoms with Crippen LogP contribution < -0.4 is 5.32 Å². The predicted molar refractivity (Wildman–Crippen MR) is 106 cm³/mol. The summed E-state index contributed by atoms with van der Waals surface area (Å²) >= 11 is 0. The Hall–Kier alpha value is -1.99. The molecule has 1 aromatic heterocycles. The van der Waals surface area contributed by atoms with Crippen molar-refractivity contribution in [3.63, 3.8) is 0 Å². The maximum absolute atomic E-state index is 13.0. The highest BCUT2D eigenvalue weighted by Gasteiger charge is 2.46. The first-order chi connectivity index (χ1) is 13.1. The number of benzene rings is 1. The molecule has 1 N–H and O–H groups in total. The maximum atomic E-state index is 13.0. The molecule has 0 radical (unpaired) electrons. The molecule has 3 heterocycles. The number of piperidine rings is 1. The van der Waals surface area contributed by atoms with Gasteiger partial charge in [0.15, 0.2) is 0 Å². The lowest BCUT2D eigenvalue weighted by atomic mass is 9.92. The lowest BCUT2D eigenvalue weighted by Gasteiger charge is -2.38. The van der Waals surface area contributed by atoms with Crippen molar-refractivity contribution in [1.29, 1.82) is 0 Å². The zero-order chi connectivity index (χ0) is 18.7. The van der Waals surface area contributed by atoms with Crippen molar-refractivity contribution in [1.82, 2.24) is 14.3 Å². The van der Waals surface area contributed by atoms with Crippen LogP contribution in [0.2, 0.25) is 0 Å². The topological polar surface area (TPSA) is 75.2 Å². The molecule has 0 aliphatic carbocycles. The van der Waals surface area contributed by atoms with Crippen molar-refractivity contribution < 1.29 is 8.42 Å². The Balaban J connectivity index is 1.35. The van der Waals surface area contributed by atoms with Crippen LogP contribution >= 0.6 is 0 Å². The molecule has 2 aliphatic rings. The Morgan fingerprint density at radius 2 is 1.67 bits per heavy atom. The molecule has 2 saturated heterocycles. The molecule has 6 nitrogen and oxygen atoms in total. The van der Waals surface area contributed by atoms with Crippen LogP contribution in [0.3, 0.4) is 0 Å². The summed E-state index contributed by atoms with van der Waals surface area (Å²) in [6.07, 6.45) is 7.82. The fourth-order valence-corrected chi connectivity index (χ4v) is 6.49. The first kappa shape index (κ1) is 18.4. The Morgan fingerprint density at radius 1 is 1.00 bits per heavy atom. The van der Waals surface area contributed by atoms with Crippen molar-refractivity contribution in [2.75, 3.05) is 17.6 Å². The minimum Gasteiger partial charge on any atom is -0.354 e. The number of anilines is 1. The largest absolute Gasteiger partial charge is 0.354 e. The molecule has 0 saturated carbocycles. The van der Waals surface area contributed by atoms with E-state index in [1.165, 1.54) is 0 Å². The van der Waals surface area contributed by atoms with Crippen LogP contribution in [0.25, 0.3) is 0 Å². The molecule has 144 valence electrons. The van der Waals surface area contributed by atoms with Gasteiger partial charge < -0.3 is 5.32 Å². The second kappa shape index (κ2) is 7.94. The van der Waals surface area contributed by atoms with Gasteiger partial charge in [-0.2, -0.15) is 4.31 Å². The molecule has 27 heavy (non-hydrogen) atoms. The summed E-state index contributed by atoms with van der Waals surface area (Å²) in [6.45, 7) is 0.801. The summed E-state index contributed by atoms with van der Waals surface area (Å²) < 4.78 is 27.8. The second-order valence-electron chi connectivity index (χ2n) is 7.56. The monoisotopic (exact) mass is 386 g/mol. The zero-order valence-electron chi connectivity index (χ0n) is 15.4. The summed E-state index contributed by atoms with van der Waals surface area (Å²) in [5.74, 6) is 1.31. The lowest BCUT2D eigenvalue weighted by molar-refractivity contribution is 0.197. The van der Waals surface area contributed by atoms with E-state index in [1.807, 2.05) is 34.6 Å². The summed E-state index contributed by atoms with van der Waals surface area (Å²) in [5, 5.41) is 3.29. The van der Waals surface area contributed by atoms with Crippen LogP contribution in [0, 0.1) is 5.92 Å². The highest BCUT2D eigenvalue weighted by atomic mass is 32.2. The normalized spacial score (nSPS) is 25.4. The van der Waals surface area contributed by atoms with E-state index in [2.05, 4.69) is 15.3 Å². The van der Waals surface area contributed by atoms with Gasteiger partial charge in [-0.25, -0.2) is 18.4 Å². The predicted octanol–water partition coefficient (Wildman–Crippen LogP) is 2.70. The number of rotatable bonds is 7. The van der Waals surface area contributed by atoms with E-state index in [9.17, 15) is 8.42 Å². The van der Waals surface area contributed by atoms with Gasteiger partial charge >= 0.3 is 0 Å². The number of nitrogens with zero attached hydrogens (tertiary/aromatic N) is 3. The van der Waals surface area contributed by atoms with Crippen LogP contribution in [0.5, 0.6) is 0 Å². The Kier molecular flexibility index (Phi) is 5.41. The van der Waals surface area contributed by atoms with Crippen molar-refractivity contribution in [3.8, 4) is 0 Å². The van der Waals surface area contributed by atoms with Gasteiger partial charge in [0, 0.05) is 31.0 Å². The number of aromatic nitrogens is 2. The van der Waals surface area contributed by atoms with Gasteiger partial charge in [-0.3, -0.25) is 0 Å². The average molecular weight is 387 g/mol. The summed E-state index contributed by atoms with van der Waals surface area (Å²) in [6, 6.07) is 11.9. The third kappa shape index (κ3) is 4.30. The van der Waals surface area contributed by atoms with Crippen LogP contribution in [0.1, 0.15) is 31.2 Å².